The molecule has 1 amide bonds. The van der Waals surface area contributed by atoms with Gasteiger partial charge in [0.05, 0.1) is 23.1 Å². The van der Waals surface area contributed by atoms with E-state index in [2.05, 4.69) is 5.32 Å². The van der Waals surface area contributed by atoms with E-state index < -0.39 is 11.2 Å². The van der Waals surface area contributed by atoms with Crippen LogP contribution in [0.25, 0.3) is 10.9 Å². The van der Waals surface area contributed by atoms with E-state index in [9.17, 15) is 14.4 Å². The maximum absolute atomic E-state index is 13.3. The van der Waals surface area contributed by atoms with Gasteiger partial charge in [-0.1, -0.05) is 30.3 Å². The molecule has 4 aromatic rings. The van der Waals surface area contributed by atoms with E-state index in [0.29, 0.717) is 46.0 Å². The van der Waals surface area contributed by atoms with E-state index in [4.69, 9.17) is 14.2 Å². The average Bonchev–Trinajstić information content (AvgIpc) is 3.34. The van der Waals surface area contributed by atoms with Gasteiger partial charge in [0.25, 0.3) is 0 Å². The number of aromatic nitrogens is 1. The van der Waals surface area contributed by atoms with Gasteiger partial charge in [-0.3, -0.25) is 14.4 Å². The van der Waals surface area contributed by atoms with Gasteiger partial charge in [0.2, 0.25) is 18.1 Å². The van der Waals surface area contributed by atoms with Gasteiger partial charge in [0, 0.05) is 23.5 Å². The first-order chi connectivity index (χ1) is 17.0. The SMILES string of the molecule is CCOc1ccc2c(c1)c(=O)c(C(=O)c1ccccc1)cn2CC(=O)Nc1ccc2c(c1)OCO2. The number of nitrogens with zero attached hydrogens (tertiary/aromatic N) is 1. The van der Waals surface area contributed by atoms with E-state index in [1.807, 2.05) is 6.92 Å². The molecule has 1 N–H and O–H groups in total. The fraction of sp³-hybridized carbons (Fsp3) is 0.148. The Morgan fingerprint density at radius 2 is 1.80 bits per heavy atom. The van der Waals surface area contributed by atoms with Crippen LogP contribution in [-0.4, -0.2) is 29.7 Å². The third-order valence-electron chi connectivity index (χ3n) is 5.61. The van der Waals surface area contributed by atoms with Crippen molar-refractivity contribution < 1.29 is 23.8 Å². The van der Waals surface area contributed by atoms with Gasteiger partial charge < -0.3 is 24.1 Å². The van der Waals surface area contributed by atoms with Crippen molar-refractivity contribution in [1.29, 1.82) is 0 Å². The summed E-state index contributed by atoms with van der Waals surface area (Å²) >= 11 is 0. The molecule has 0 radical (unpaired) electrons. The van der Waals surface area contributed by atoms with Crippen molar-refractivity contribution in [2.45, 2.75) is 13.5 Å². The lowest BCUT2D eigenvalue weighted by atomic mass is 10.0. The number of hydrogen-bond acceptors (Lipinski definition) is 6. The van der Waals surface area contributed by atoms with Gasteiger partial charge in [-0.2, -0.15) is 0 Å². The van der Waals surface area contributed by atoms with Crippen molar-refractivity contribution >= 4 is 28.3 Å². The van der Waals surface area contributed by atoms with Crippen molar-refractivity contribution in [3.8, 4) is 17.2 Å². The summed E-state index contributed by atoms with van der Waals surface area (Å²) in [6.45, 7) is 2.30. The molecule has 0 fully saturated rings. The second kappa shape index (κ2) is 9.34. The average molecular weight is 470 g/mol. The van der Waals surface area contributed by atoms with Crippen LogP contribution in [0.15, 0.2) is 77.7 Å². The van der Waals surface area contributed by atoms with Crippen LogP contribution in [0.2, 0.25) is 0 Å². The van der Waals surface area contributed by atoms with Crippen LogP contribution in [0.5, 0.6) is 17.2 Å². The van der Waals surface area contributed by atoms with Crippen LogP contribution in [0.1, 0.15) is 22.8 Å². The Morgan fingerprint density at radius 3 is 2.60 bits per heavy atom. The maximum atomic E-state index is 13.3. The molecule has 8 nitrogen and oxygen atoms in total. The minimum atomic E-state index is -0.414. The van der Waals surface area contributed by atoms with Crippen molar-refractivity contribution in [2.24, 2.45) is 0 Å². The fourth-order valence-corrected chi connectivity index (χ4v) is 4.00. The van der Waals surface area contributed by atoms with Crippen LogP contribution in [0, 0.1) is 0 Å². The second-order valence-corrected chi connectivity index (χ2v) is 7.92. The Morgan fingerprint density at radius 1 is 1.00 bits per heavy atom. The number of nitrogens with one attached hydrogen (secondary N) is 1. The highest BCUT2D eigenvalue weighted by molar-refractivity contribution is 6.10. The van der Waals surface area contributed by atoms with Gasteiger partial charge in [0.1, 0.15) is 12.3 Å². The summed E-state index contributed by atoms with van der Waals surface area (Å²) in [7, 11) is 0. The Balaban J connectivity index is 1.53. The molecule has 0 spiro atoms. The molecule has 0 unspecified atom stereocenters. The first-order valence-electron chi connectivity index (χ1n) is 11.1. The smallest absolute Gasteiger partial charge is 0.244 e. The first-order valence-corrected chi connectivity index (χ1v) is 11.1. The van der Waals surface area contributed by atoms with Crippen LogP contribution in [0.4, 0.5) is 5.69 Å². The number of pyridine rings is 1. The predicted molar refractivity (Wildman–Crippen MR) is 130 cm³/mol. The minimum absolute atomic E-state index is 0.0202. The lowest BCUT2D eigenvalue weighted by Gasteiger charge is -2.14. The molecule has 3 aromatic carbocycles. The molecule has 2 heterocycles. The number of carbonyl (C=O) groups excluding carboxylic acids is 2. The molecule has 5 rings (SSSR count). The zero-order valence-electron chi connectivity index (χ0n) is 18.9. The molecule has 35 heavy (non-hydrogen) atoms. The number of rotatable bonds is 7. The highest BCUT2D eigenvalue weighted by Crippen LogP contribution is 2.34. The van der Waals surface area contributed by atoms with E-state index in [-0.39, 0.29) is 24.8 Å². The molecule has 1 aromatic heterocycles. The Kier molecular flexibility index (Phi) is 5.93. The van der Waals surface area contributed by atoms with Crippen LogP contribution >= 0.6 is 0 Å². The molecule has 0 saturated heterocycles. The largest absolute Gasteiger partial charge is 0.494 e. The lowest BCUT2D eigenvalue weighted by Crippen LogP contribution is -2.24. The predicted octanol–water partition coefficient (Wildman–Crippen LogP) is 4.00. The highest BCUT2D eigenvalue weighted by atomic mass is 16.7. The Bertz CT molecular complexity index is 1490. The Hall–Kier alpha value is -4.59. The molecule has 1 aliphatic heterocycles. The monoisotopic (exact) mass is 470 g/mol. The molecule has 0 bridgehead atoms. The number of benzene rings is 3. The van der Waals surface area contributed by atoms with Gasteiger partial charge in [-0.15, -0.1) is 0 Å². The number of carbonyl (C=O) groups is 2. The van der Waals surface area contributed by atoms with Crippen molar-refractivity contribution in [2.75, 3.05) is 18.7 Å². The maximum Gasteiger partial charge on any atom is 0.244 e. The molecule has 0 aliphatic carbocycles. The van der Waals surface area contributed by atoms with E-state index in [1.54, 1.807) is 71.3 Å². The summed E-state index contributed by atoms with van der Waals surface area (Å²) in [6, 6.07) is 18.7. The molecular weight excluding hydrogens is 448 g/mol. The minimum Gasteiger partial charge on any atom is -0.494 e. The number of fused-ring (bicyclic) bond motifs is 2. The lowest BCUT2D eigenvalue weighted by molar-refractivity contribution is -0.116. The van der Waals surface area contributed by atoms with E-state index in [1.165, 1.54) is 6.20 Å². The van der Waals surface area contributed by atoms with Gasteiger partial charge in [-0.25, -0.2) is 0 Å². The molecular formula is C27H22N2O6. The van der Waals surface area contributed by atoms with Gasteiger partial charge in [0.15, 0.2) is 17.3 Å². The van der Waals surface area contributed by atoms with Crippen molar-refractivity contribution in [1.82, 2.24) is 4.57 Å². The number of amides is 1. The van der Waals surface area contributed by atoms with Crippen molar-refractivity contribution in [3.05, 3.63) is 94.3 Å². The highest BCUT2D eigenvalue weighted by Gasteiger charge is 2.19. The first kappa shape index (κ1) is 22.2. The van der Waals surface area contributed by atoms with Crippen LogP contribution in [-0.2, 0) is 11.3 Å². The number of ether oxygens (including phenoxy) is 3. The number of anilines is 1. The molecule has 176 valence electrons. The standard InChI is InChI=1S/C27H22N2O6/c1-2-33-19-9-10-22-20(13-19)27(32)21(26(31)17-6-4-3-5-7-17)14-29(22)15-25(30)28-18-8-11-23-24(12-18)35-16-34-23/h3-14H,2,15-16H2,1H3,(H,28,30). The molecule has 8 heteroatoms. The Labute approximate surface area is 200 Å². The molecule has 1 aliphatic rings. The van der Waals surface area contributed by atoms with Gasteiger partial charge in [-0.05, 0) is 37.3 Å². The fourth-order valence-electron chi connectivity index (χ4n) is 4.00. The van der Waals surface area contributed by atoms with E-state index >= 15 is 0 Å². The zero-order chi connectivity index (χ0) is 24.4. The summed E-state index contributed by atoms with van der Waals surface area (Å²) in [5.41, 5.74) is 1.02. The van der Waals surface area contributed by atoms with Gasteiger partial charge >= 0.3 is 0 Å². The third kappa shape index (κ3) is 4.46. The normalized spacial score (nSPS) is 11.9. The van der Waals surface area contributed by atoms with E-state index in [0.717, 1.165) is 0 Å². The van der Waals surface area contributed by atoms with Crippen molar-refractivity contribution in [3.63, 3.8) is 0 Å². The molecule has 0 saturated carbocycles. The summed E-state index contributed by atoms with van der Waals surface area (Å²) in [4.78, 5) is 39.4. The zero-order valence-corrected chi connectivity index (χ0v) is 18.9. The molecule has 0 atom stereocenters. The second-order valence-electron chi connectivity index (χ2n) is 7.92. The van der Waals surface area contributed by atoms with Crippen LogP contribution in [0.3, 0.4) is 0 Å². The topological polar surface area (TPSA) is 95.9 Å². The third-order valence-corrected chi connectivity index (χ3v) is 5.61. The summed E-state index contributed by atoms with van der Waals surface area (Å²) in [6.07, 6.45) is 1.44. The number of hydrogen-bond donors (Lipinski definition) is 1. The quantitative estimate of drug-likeness (QED) is 0.410. The number of ketones is 1. The summed E-state index contributed by atoms with van der Waals surface area (Å²) in [5.74, 6) is 0.933. The van der Waals surface area contributed by atoms with Crippen LogP contribution < -0.4 is 25.0 Å². The summed E-state index contributed by atoms with van der Waals surface area (Å²) in [5, 5.41) is 3.13. The summed E-state index contributed by atoms with van der Waals surface area (Å²) < 4.78 is 17.8.